The van der Waals surface area contributed by atoms with E-state index >= 15 is 0 Å². The highest BCUT2D eigenvalue weighted by atomic mass is 32.2. The van der Waals surface area contributed by atoms with Crippen molar-refractivity contribution in [1.82, 2.24) is 29.4 Å². The maximum Gasteiger partial charge on any atom is 0.290 e. The van der Waals surface area contributed by atoms with Crippen LogP contribution in [0.2, 0.25) is 0 Å². The number of hydrogen-bond acceptors (Lipinski definition) is 7. The minimum absolute atomic E-state index is 0.196. The number of aryl methyl sites for hydroxylation is 1. The van der Waals surface area contributed by atoms with Gasteiger partial charge in [-0.25, -0.2) is 23.4 Å². The van der Waals surface area contributed by atoms with E-state index in [9.17, 15) is 13.2 Å². The van der Waals surface area contributed by atoms with Gasteiger partial charge in [-0.1, -0.05) is 6.07 Å². The van der Waals surface area contributed by atoms with Gasteiger partial charge in [0.05, 0.1) is 17.9 Å². The topological polar surface area (TPSA) is 111 Å². The van der Waals surface area contributed by atoms with Gasteiger partial charge >= 0.3 is 0 Å². The largest absolute Gasteiger partial charge is 0.328 e. The van der Waals surface area contributed by atoms with Gasteiger partial charge in [0, 0.05) is 37.4 Å². The highest BCUT2D eigenvalue weighted by Gasteiger charge is 2.28. The Balaban J connectivity index is 1.62. The predicted octanol–water partition coefficient (Wildman–Crippen LogP) is 1.10. The van der Waals surface area contributed by atoms with Crippen LogP contribution in [-0.2, 0) is 22.9 Å². The zero-order valence-electron chi connectivity index (χ0n) is 15.4. The number of pyridine rings is 1. The van der Waals surface area contributed by atoms with Gasteiger partial charge in [-0.2, -0.15) is 0 Å². The third-order valence-corrected chi connectivity index (χ3v) is 5.25. The smallest absolute Gasteiger partial charge is 0.290 e. The Hall–Kier alpha value is -3.14. The Morgan fingerprint density at radius 3 is 2.64 bits per heavy atom. The van der Waals surface area contributed by atoms with Crippen molar-refractivity contribution < 1.29 is 13.2 Å². The van der Waals surface area contributed by atoms with E-state index in [0.29, 0.717) is 36.8 Å². The molecule has 1 aliphatic heterocycles. The maximum absolute atomic E-state index is 12.9. The zero-order valence-corrected chi connectivity index (χ0v) is 16.2. The average Bonchev–Trinajstić information content (AvgIpc) is 3.09. The highest BCUT2D eigenvalue weighted by Crippen LogP contribution is 2.21. The van der Waals surface area contributed by atoms with Gasteiger partial charge in [0.25, 0.3) is 5.91 Å². The molecule has 0 aliphatic carbocycles. The van der Waals surface area contributed by atoms with Crippen LogP contribution in [0.4, 0.5) is 0 Å². The summed E-state index contributed by atoms with van der Waals surface area (Å²) >= 11 is 0. The van der Waals surface area contributed by atoms with E-state index in [1.807, 2.05) is 25.1 Å². The van der Waals surface area contributed by atoms with Gasteiger partial charge in [-0.3, -0.25) is 9.78 Å². The van der Waals surface area contributed by atoms with Crippen molar-refractivity contribution in [1.29, 1.82) is 0 Å². The second kappa shape index (κ2) is 6.79. The van der Waals surface area contributed by atoms with Crippen LogP contribution < -0.4 is 0 Å². The first-order chi connectivity index (χ1) is 13.3. The number of sulfone groups is 1. The van der Waals surface area contributed by atoms with E-state index in [1.165, 1.54) is 6.20 Å². The van der Waals surface area contributed by atoms with E-state index in [1.54, 1.807) is 21.7 Å². The number of aromatic nitrogens is 5. The van der Waals surface area contributed by atoms with Crippen LogP contribution in [0.5, 0.6) is 0 Å². The highest BCUT2D eigenvalue weighted by molar-refractivity contribution is 7.90. The van der Waals surface area contributed by atoms with Crippen LogP contribution in [0.1, 0.15) is 22.0 Å². The van der Waals surface area contributed by atoms with Crippen molar-refractivity contribution in [2.45, 2.75) is 25.2 Å². The van der Waals surface area contributed by atoms with Gasteiger partial charge in [-0.05, 0) is 25.1 Å². The zero-order chi connectivity index (χ0) is 19.9. The van der Waals surface area contributed by atoms with Crippen molar-refractivity contribution in [2.75, 3.05) is 12.8 Å². The summed E-state index contributed by atoms with van der Waals surface area (Å²) in [5, 5.41) is -0.269. The minimum Gasteiger partial charge on any atom is -0.328 e. The summed E-state index contributed by atoms with van der Waals surface area (Å²) < 4.78 is 25.1. The van der Waals surface area contributed by atoms with Gasteiger partial charge in [-0.15, -0.1) is 0 Å². The standard InChI is InChI=1S/C18H18N6O3S/c1-12-4-3-5-13(20-12)10-24-9-8-23-11-15(21-16(23)17(24)25)14-6-7-19-18(22-14)28(2,26)27/h3-7,11H,8-10H2,1-2H3. The summed E-state index contributed by atoms with van der Waals surface area (Å²) in [4.78, 5) is 31.3. The molecule has 0 radical (unpaired) electrons. The molecule has 0 N–H and O–H groups in total. The molecular weight excluding hydrogens is 380 g/mol. The van der Waals surface area contributed by atoms with Gasteiger partial charge in [0.15, 0.2) is 5.82 Å². The lowest BCUT2D eigenvalue weighted by molar-refractivity contribution is 0.0680. The first kappa shape index (κ1) is 18.2. The summed E-state index contributed by atoms with van der Waals surface area (Å²) in [5.41, 5.74) is 2.52. The Labute approximate surface area is 162 Å². The van der Waals surface area contributed by atoms with Gasteiger partial charge < -0.3 is 9.47 Å². The molecule has 4 heterocycles. The number of carbonyl (C=O) groups is 1. The van der Waals surface area contributed by atoms with Crippen LogP contribution in [0.25, 0.3) is 11.4 Å². The van der Waals surface area contributed by atoms with Crippen molar-refractivity contribution in [3.8, 4) is 11.4 Å². The lowest BCUT2D eigenvalue weighted by atomic mass is 10.2. The molecule has 0 spiro atoms. The molecule has 1 aliphatic rings. The lowest BCUT2D eigenvalue weighted by Gasteiger charge is -2.27. The van der Waals surface area contributed by atoms with Crippen LogP contribution in [0.3, 0.4) is 0 Å². The molecule has 0 saturated heterocycles. The molecule has 9 nitrogen and oxygen atoms in total. The maximum atomic E-state index is 12.9. The Bertz CT molecular complexity index is 1170. The summed E-state index contributed by atoms with van der Waals surface area (Å²) in [6, 6.07) is 7.29. The van der Waals surface area contributed by atoms with Gasteiger partial charge in [0.2, 0.25) is 15.0 Å². The van der Waals surface area contributed by atoms with Crippen molar-refractivity contribution in [3.05, 3.63) is 53.9 Å². The molecule has 3 aromatic rings. The Morgan fingerprint density at radius 2 is 1.89 bits per heavy atom. The Kier molecular flexibility index (Phi) is 4.42. The fraction of sp³-hybridized carbons (Fsp3) is 0.278. The third kappa shape index (κ3) is 3.50. The fourth-order valence-corrected chi connectivity index (χ4v) is 3.56. The first-order valence-electron chi connectivity index (χ1n) is 8.64. The normalized spacial score (nSPS) is 14.2. The van der Waals surface area contributed by atoms with Crippen LogP contribution in [0.15, 0.2) is 41.8 Å². The summed E-state index contributed by atoms with van der Waals surface area (Å²) in [7, 11) is -3.53. The van der Waals surface area contributed by atoms with E-state index in [2.05, 4.69) is 19.9 Å². The van der Waals surface area contributed by atoms with Crippen molar-refractivity contribution in [2.24, 2.45) is 0 Å². The molecule has 28 heavy (non-hydrogen) atoms. The van der Waals surface area contributed by atoms with E-state index in [-0.39, 0.29) is 11.1 Å². The number of carbonyl (C=O) groups excluding carboxylic acids is 1. The molecule has 1 amide bonds. The summed E-state index contributed by atoms with van der Waals surface area (Å²) in [6.07, 6.45) is 4.13. The van der Waals surface area contributed by atoms with E-state index in [0.717, 1.165) is 17.6 Å². The molecular formula is C18H18N6O3S. The number of hydrogen-bond donors (Lipinski definition) is 0. The van der Waals surface area contributed by atoms with Crippen LogP contribution >= 0.6 is 0 Å². The molecule has 0 saturated carbocycles. The molecule has 0 aromatic carbocycles. The Morgan fingerprint density at radius 1 is 1.07 bits per heavy atom. The molecule has 10 heteroatoms. The number of nitrogens with zero attached hydrogens (tertiary/aromatic N) is 6. The molecule has 4 rings (SSSR count). The van der Waals surface area contributed by atoms with Crippen molar-refractivity contribution >= 4 is 15.7 Å². The lowest BCUT2D eigenvalue weighted by Crippen LogP contribution is -2.40. The van der Waals surface area contributed by atoms with Crippen molar-refractivity contribution in [3.63, 3.8) is 0 Å². The summed E-state index contributed by atoms with van der Waals surface area (Å²) in [5.74, 6) is 0.103. The van der Waals surface area contributed by atoms with Gasteiger partial charge in [0.1, 0.15) is 5.69 Å². The molecule has 0 fully saturated rings. The van der Waals surface area contributed by atoms with Crippen LogP contribution in [0, 0.1) is 6.92 Å². The fourth-order valence-electron chi connectivity index (χ4n) is 3.05. The second-order valence-electron chi connectivity index (χ2n) is 6.64. The third-order valence-electron chi connectivity index (χ3n) is 4.39. The summed E-state index contributed by atoms with van der Waals surface area (Å²) in [6.45, 7) is 3.45. The number of rotatable bonds is 4. The van der Waals surface area contributed by atoms with E-state index in [4.69, 9.17) is 0 Å². The monoisotopic (exact) mass is 398 g/mol. The quantitative estimate of drug-likeness (QED) is 0.605. The number of imidazole rings is 1. The number of amides is 1. The van der Waals surface area contributed by atoms with E-state index < -0.39 is 9.84 Å². The molecule has 0 atom stereocenters. The molecule has 144 valence electrons. The average molecular weight is 398 g/mol. The molecule has 3 aromatic heterocycles. The van der Waals surface area contributed by atoms with Crippen LogP contribution in [-0.4, -0.2) is 56.5 Å². The second-order valence-corrected chi connectivity index (χ2v) is 8.55. The minimum atomic E-state index is -3.53. The predicted molar refractivity (Wildman–Crippen MR) is 100 cm³/mol. The number of fused-ring (bicyclic) bond motifs is 1. The molecule has 0 unspecified atom stereocenters. The SMILES string of the molecule is Cc1cccc(CN2CCn3cc(-c4ccnc(S(C)(=O)=O)n4)nc3C2=O)n1. The molecule has 0 bridgehead atoms. The first-order valence-corrected chi connectivity index (χ1v) is 10.5.